The maximum Gasteiger partial charge on any atom is 0.227 e. The second-order valence-corrected chi connectivity index (χ2v) is 6.28. The average molecular weight is 352 g/mol. The lowest BCUT2D eigenvalue weighted by Gasteiger charge is -2.23. The molecule has 0 radical (unpaired) electrons. The third kappa shape index (κ3) is 5.45. The normalized spacial score (nSPS) is 10.4. The van der Waals surface area contributed by atoms with Crippen LogP contribution in [0.4, 0.5) is 11.4 Å². The van der Waals surface area contributed by atoms with Gasteiger partial charge >= 0.3 is 0 Å². The fourth-order valence-corrected chi connectivity index (χ4v) is 2.90. The van der Waals surface area contributed by atoms with Crippen molar-refractivity contribution in [2.24, 2.45) is 0 Å². The maximum atomic E-state index is 12.5. The minimum absolute atomic E-state index is 0.121. The molecule has 0 saturated carbocycles. The molecule has 4 heteroatoms. The molecule has 26 heavy (non-hydrogen) atoms. The topological polar surface area (TPSA) is 49.4 Å². The molecule has 0 aliphatic heterocycles. The molecule has 0 aliphatic carbocycles. The Bertz CT molecular complexity index is 713. The third-order valence-electron chi connectivity index (χ3n) is 4.19. The van der Waals surface area contributed by atoms with Gasteiger partial charge in [0.25, 0.3) is 0 Å². The van der Waals surface area contributed by atoms with Crippen molar-refractivity contribution < 1.29 is 9.59 Å². The van der Waals surface area contributed by atoms with Crippen LogP contribution in [0.25, 0.3) is 0 Å². The molecule has 0 bridgehead atoms. The highest BCUT2D eigenvalue weighted by molar-refractivity contribution is 6.01. The minimum Gasteiger partial charge on any atom is -0.383 e. The Kier molecular flexibility index (Phi) is 7.87. The van der Waals surface area contributed by atoms with Crippen molar-refractivity contribution in [3.05, 3.63) is 60.2 Å². The summed E-state index contributed by atoms with van der Waals surface area (Å²) in [6.07, 6.45) is 2.73. The number of hydrogen-bond acceptors (Lipinski definition) is 3. The first-order chi connectivity index (χ1) is 12.7. The predicted octanol–water partition coefficient (Wildman–Crippen LogP) is 4.91. The zero-order chi connectivity index (χ0) is 18.8. The lowest BCUT2D eigenvalue weighted by Crippen LogP contribution is -2.35. The number of rotatable bonds is 10. The number of carbonyl (C=O) groups excluding carboxylic acids is 2. The van der Waals surface area contributed by atoms with Gasteiger partial charge in [0.05, 0.1) is 0 Å². The van der Waals surface area contributed by atoms with Gasteiger partial charge in [-0.15, -0.1) is 0 Å². The number of para-hydroxylation sites is 2. The monoisotopic (exact) mass is 352 g/mol. The molecule has 0 fully saturated rings. The van der Waals surface area contributed by atoms with Gasteiger partial charge in [-0.2, -0.15) is 0 Å². The van der Waals surface area contributed by atoms with E-state index < -0.39 is 0 Å². The van der Waals surface area contributed by atoms with Crippen LogP contribution in [0.1, 0.15) is 49.9 Å². The Morgan fingerprint density at radius 3 is 2.23 bits per heavy atom. The molecule has 1 N–H and O–H groups in total. The largest absolute Gasteiger partial charge is 0.383 e. The van der Waals surface area contributed by atoms with E-state index in [0.717, 1.165) is 29.8 Å². The fourth-order valence-electron chi connectivity index (χ4n) is 2.90. The molecular weight excluding hydrogens is 324 g/mol. The van der Waals surface area contributed by atoms with E-state index in [-0.39, 0.29) is 11.7 Å². The number of anilines is 2. The molecule has 138 valence electrons. The molecule has 4 nitrogen and oxygen atoms in total. The SMILES string of the molecule is CCCC(=O)c1ccccc1NCCN(C(=O)CCC)c1ccccc1. The van der Waals surface area contributed by atoms with E-state index in [1.165, 1.54) is 0 Å². The molecule has 2 rings (SSSR count). The summed E-state index contributed by atoms with van der Waals surface area (Å²) in [4.78, 5) is 26.6. The number of carbonyl (C=O) groups is 2. The van der Waals surface area contributed by atoms with Crippen molar-refractivity contribution in [1.82, 2.24) is 0 Å². The van der Waals surface area contributed by atoms with E-state index in [1.807, 2.05) is 73.3 Å². The van der Waals surface area contributed by atoms with E-state index in [0.29, 0.717) is 25.9 Å². The molecule has 0 saturated heterocycles. The summed E-state index contributed by atoms with van der Waals surface area (Å²) in [5.74, 6) is 0.272. The number of nitrogens with one attached hydrogen (secondary N) is 1. The van der Waals surface area contributed by atoms with Crippen LogP contribution in [0.3, 0.4) is 0 Å². The Labute approximate surface area is 156 Å². The van der Waals surface area contributed by atoms with E-state index in [1.54, 1.807) is 0 Å². The summed E-state index contributed by atoms with van der Waals surface area (Å²) < 4.78 is 0. The fraction of sp³-hybridized carbons (Fsp3) is 0.364. The molecular formula is C22H28N2O2. The summed E-state index contributed by atoms with van der Waals surface area (Å²) in [7, 11) is 0. The van der Waals surface area contributed by atoms with Crippen molar-refractivity contribution >= 4 is 23.1 Å². The number of benzene rings is 2. The summed E-state index contributed by atoms with van der Waals surface area (Å²) in [6.45, 7) is 5.15. The number of hydrogen-bond donors (Lipinski definition) is 1. The summed E-state index contributed by atoms with van der Waals surface area (Å²) in [6, 6.07) is 17.3. The van der Waals surface area contributed by atoms with Gasteiger partial charge in [-0.05, 0) is 37.1 Å². The minimum atomic E-state index is 0.121. The van der Waals surface area contributed by atoms with Crippen LogP contribution in [0.2, 0.25) is 0 Å². The number of ketones is 1. The zero-order valence-corrected chi connectivity index (χ0v) is 15.7. The Morgan fingerprint density at radius 1 is 0.885 bits per heavy atom. The van der Waals surface area contributed by atoms with Gasteiger partial charge < -0.3 is 10.2 Å². The van der Waals surface area contributed by atoms with E-state index in [4.69, 9.17) is 0 Å². The summed E-state index contributed by atoms with van der Waals surface area (Å²) in [5, 5.41) is 3.34. The molecule has 2 aromatic carbocycles. The van der Waals surface area contributed by atoms with Crippen LogP contribution in [-0.4, -0.2) is 24.8 Å². The number of nitrogens with zero attached hydrogens (tertiary/aromatic N) is 1. The molecule has 0 unspecified atom stereocenters. The van der Waals surface area contributed by atoms with Gasteiger partial charge in [-0.1, -0.05) is 44.2 Å². The average Bonchev–Trinajstić information content (AvgIpc) is 2.66. The predicted molar refractivity (Wildman–Crippen MR) is 108 cm³/mol. The van der Waals surface area contributed by atoms with Crippen molar-refractivity contribution in [3.8, 4) is 0 Å². The Hall–Kier alpha value is -2.62. The highest BCUT2D eigenvalue weighted by atomic mass is 16.2. The highest BCUT2D eigenvalue weighted by Gasteiger charge is 2.15. The molecule has 0 heterocycles. The van der Waals surface area contributed by atoms with Gasteiger partial charge in [-0.3, -0.25) is 9.59 Å². The first-order valence-corrected chi connectivity index (χ1v) is 9.38. The van der Waals surface area contributed by atoms with Crippen LogP contribution in [0.15, 0.2) is 54.6 Å². The lowest BCUT2D eigenvalue weighted by atomic mass is 10.0. The summed E-state index contributed by atoms with van der Waals surface area (Å²) in [5.41, 5.74) is 2.46. The second kappa shape index (κ2) is 10.4. The molecule has 0 aromatic heterocycles. The second-order valence-electron chi connectivity index (χ2n) is 6.28. The first kappa shape index (κ1) is 19.7. The van der Waals surface area contributed by atoms with Crippen LogP contribution in [-0.2, 0) is 4.79 Å². The van der Waals surface area contributed by atoms with Gasteiger partial charge in [0.1, 0.15) is 0 Å². The Balaban J connectivity index is 2.06. The highest BCUT2D eigenvalue weighted by Crippen LogP contribution is 2.19. The number of amides is 1. The van der Waals surface area contributed by atoms with E-state index in [2.05, 4.69) is 5.32 Å². The van der Waals surface area contributed by atoms with Crippen LogP contribution < -0.4 is 10.2 Å². The Morgan fingerprint density at radius 2 is 1.54 bits per heavy atom. The quantitative estimate of drug-likeness (QED) is 0.618. The summed E-state index contributed by atoms with van der Waals surface area (Å²) >= 11 is 0. The number of Topliss-reactive ketones (excluding diaryl/α,β-unsaturated/α-hetero) is 1. The molecule has 1 amide bonds. The van der Waals surface area contributed by atoms with Crippen LogP contribution in [0.5, 0.6) is 0 Å². The van der Waals surface area contributed by atoms with E-state index >= 15 is 0 Å². The van der Waals surface area contributed by atoms with Gasteiger partial charge in [0, 0.05) is 42.9 Å². The molecule has 0 spiro atoms. The van der Waals surface area contributed by atoms with Gasteiger partial charge in [0.15, 0.2) is 5.78 Å². The smallest absolute Gasteiger partial charge is 0.227 e. The van der Waals surface area contributed by atoms with Crippen molar-refractivity contribution in [3.63, 3.8) is 0 Å². The van der Waals surface area contributed by atoms with Gasteiger partial charge in [0.2, 0.25) is 5.91 Å². The van der Waals surface area contributed by atoms with Crippen LogP contribution >= 0.6 is 0 Å². The zero-order valence-electron chi connectivity index (χ0n) is 15.7. The van der Waals surface area contributed by atoms with E-state index in [9.17, 15) is 9.59 Å². The van der Waals surface area contributed by atoms with Gasteiger partial charge in [-0.25, -0.2) is 0 Å². The molecule has 0 atom stereocenters. The van der Waals surface area contributed by atoms with Crippen molar-refractivity contribution in [2.75, 3.05) is 23.3 Å². The lowest BCUT2D eigenvalue weighted by molar-refractivity contribution is -0.118. The van der Waals surface area contributed by atoms with Crippen LogP contribution in [0, 0.1) is 0 Å². The maximum absolute atomic E-state index is 12.5. The van der Waals surface area contributed by atoms with Crippen molar-refractivity contribution in [2.45, 2.75) is 39.5 Å². The van der Waals surface area contributed by atoms with Crippen molar-refractivity contribution in [1.29, 1.82) is 0 Å². The molecule has 0 aliphatic rings. The first-order valence-electron chi connectivity index (χ1n) is 9.38. The standard InChI is InChI=1S/C22H28N2O2/c1-3-10-21(25)19-14-8-9-15-20(19)23-16-17-24(22(26)11-4-2)18-12-6-5-7-13-18/h5-9,12-15,23H,3-4,10-11,16-17H2,1-2H3. The molecule has 2 aromatic rings. The third-order valence-corrected chi connectivity index (χ3v) is 4.19.